The summed E-state index contributed by atoms with van der Waals surface area (Å²) in [7, 11) is 0. The van der Waals surface area contributed by atoms with Crippen molar-refractivity contribution in [3.05, 3.63) is 30.4 Å². The molecule has 0 fully saturated rings. The fraction of sp³-hybridized carbons (Fsp3) is 0.111. The normalized spacial score (nSPS) is 10.0. The maximum atomic E-state index is 5.29. The number of hydrazine groups is 1. The van der Waals surface area contributed by atoms with Gasteiger partial charge < -0.3 is 5.43 Å². The monoisotopic (exact) mass is 202 g/mol. The van der Waals surface area contributed by atoms with Crippen LogP contribution in [0.25, 0.3) is 11.5 Å². The first-order valence-electron chi connectivity index (χ1n) is 4.38. The van der Waals surface area contributed by atoms with Gasteiger partial charge >= 0.3 is 0 Å². The summed E-state index contributed by atoms with van der Waals surface area (Å²) in [6, 6.07) is 1.75. The van der Waals surface area contributed by atoms with E-state index < -0.39 is 0 Å². The zero-order valence-electron chi connectivity index (χ0n) is 8.18. The molecule has 0 aliphatic rings. The van der Waals surface area contributed by atoms with Crippen molar-refractivity contribution in [2.24, 2.45) is 5.84 Å². The molecule has 2 aromatic heterocycles. The predicted molar refractivity (Wildman–Crippen MR) is 55.6 cm³/mol. The minimum Gasteiger partial charge on any atom is -0.308 e. The number of aromatic nitrogens is 4. The topological polar surface area (TPSA) is 89.6 Å². The second kappa shape index (κ2) is 3.97. The van der Waals surface area contributed by atoms with E-state index in [1.54, 1.807) is 24.7 Å². The van der Waals surface area contributed by atoms with Gasteiger partial charge in [-0.2, -0.15) is 0 Å². The molecule has 0 amide bonds. The Morgan fingerprint density at radius 1 is 1.27 bits per heavy atom. The second-order valence-electron chi connectivity index (χ2n) is 2.95. The molecule has 0 aliphatic heterocycles. The van der Waals surface area contributed by atoms with Crippen molar-refractivity contribution in [1.29, 1.82) is 0 Å². The lowest BCUT2D eigenvalue weighted by Crippen LogP contribution is -2.10. The molecule has 76 valence electrons. The van der Waals surface area contributed by atoms with Gasteiger partial charge in [-0.1, -0.05) is 0 Å². The summed E-state index contributed by atoms with van der Waals surface area (Å²) in [6.45, 7) is 1.86. The molecular formula is C9H10N6. The Bertz CT molecular complexity index is 455. The number of nitrogens with one attached hydrogen (secondary N) is 1. The number of hydrogen-bond acceptors (Lipinski definition) is 6. The van der Waals surface area contributed by atoms with Crippen molar-refractivity contribution in [1.82, 2.24) is 19.9 Å². The molecule has 2 aromatic rings. The number of rotatable bonds is 2. The van der Waals surface area contributed by atoms with Crippen LogP contribution in [0, 0.1) is 6.92 Å². The number of nitrogens with zero attached hydrogens (tertiary/aromatic N) is 4. The molecule has 0 saturated heterocycles. The van der Waals surface area contributed by atoms with Gasteiger partial charge in [-0.15, -0.1) is 0 Å². The summed E-state index contributed by atoms with van der Waals surface area (Å²) in [5, 5.41) is 0. The molecule has 6 heteroatoms. The van der Waals surface area contributed by atoms with Crippen LogP contribution in [0.3, 0.4) is 0 Å². The average Bonchev–Trinajstić information content (AvgIpc) is 2.29. The maximum absolute atomic E-state index is 5.29. The summed E-state index contributed by atoms with van der Waals surface area (Å²) in [5.41, 5.74) is 3.92. The third-order valence-electron chi connectivity index (χ3n) is 1.79. The zero-order valence-corrected chi connectivity index (χ0v) is 8.18. The smallest absolute Gasteiger partial charge is 0.182 e. The molecule has 0 spiro atoms. The molecule has 2 heterocycles. The van der Waals surface area contributed by atoms with E-state index in [1.165, 1.54) is 0 Å². The van der Waals surface area contributed by atoms with Crippen LogP contribution in [-0.2, 0) is 0 Å². The highest BCUT2D eigenvalue weighted by Crippen LogP contribution is 2.13. The average molecular weight is 202 g/mol. The van der Waals surface area contributed by atoms with Gasteiger partial charge in [0.05, 0.1) is 6.20 Å². The third-order valence-corrected chi connectivity index (χ3v) is 1.79. The summed E-state index contributed by atoms with van der Waals surface area (Å²) < 4.78 is 0. The van der Waals surface area contributed by atoms with Gasteiger partial charge in [0.25, 0.3) is 0 Å². The second-order valence-corrected chi connectivity index (χ2v) is 2.95. The van der Waals surface area contributed by atoms with Crippen LogP contribution in [0.15, 0.2) is 24.7 Å². The summed E-state index contributed by atoms with van der Waals surface area (Å²) in [4.78, 5) is 16.5. The molecule has 6 nitrogen and oxygen atoms in total. The van der Waals surface area contributed by atoms with Gasteiger partial charge in [0.1, 0.15) is 11.5 Å². The Kier molecular flexibility index (Phi) is 2.51. The highest BCUT2D eigenvalue weighted by molar-refractivity contribution is 5.51. The van der Waals surface area contributed by atoms with Crippen LogP contribution in [0.2, 0.25) is 0 Å². The molecule has 0 aliphatic carbocycles. The van der Waals surface area contributed by atoms with Crippen molar-refractivity contribution in [3.63, 3.8) is 0 Å². The summed E-state index contributed by atoms with van der Waals surface area (Å²) in [6.07, 6.45) is 4.80. The van der Waals surface area contributed by atoms with E-state index >= 15 is 0 Å². The Morgan fingerprint density at radius 2 is 2.13 bits per heavy atom. The number of nitrogen functional groups attached to an aromatic ring is 1. The zero-order chi connectivity index (χ0) is 10.7. The molecule has 2 rings (SSSR count). The predicted octanol–water partition coefficient (Wildman–Crippen LogP) is 0.528. The van der Waals surface area contributed by atoms with E-state index in [9.17, 15) is 0 Å². The van der Waals surface area contributed by atoms with Gasteiger partial charge in [-0.05, 0) is 6.92 Å². The van der Waals surface area contributed by atoms with E-state index in [1.807, 2.05) is 6.92 Å². The third kappa shape index (κ3) is 2.05. The van der Waals surface area contributed by atoms with Gasteiger partial charge in [-0.25, -0.2) is 20.8 Å². The van der Waals surface area contributed by atoms with Gasteiger partial charge in [0.2, 0.25) is 0 Å². The molecule has 3 N–H and O–H groups in total. The van der Waals surface area contributed by atoms with Crippen molar-refractivity contribution in [3.8, 4) is 11.5 Å². The Morgan fingerprint density at radius 3 is 2.80 bits per heavy atom. The van der Waals surface area contributed by atoms with Gasteiger partial charge in [0, 0.05) is 24.2 Å². The van der Waals surface area contributed by atoms with Crippen molar-refractivity contribution in [2.45, 2.75) is 6.92 Å². The Hall–Kier alpha value is -2.08. The quantitative estimate of drug-likeness (QED) is 0.545. The molecule has 0 unspecified atom stereocenters. The van der Waals surface area contributed by atoms with Gasteiger partial charge in [0.15, 0.2) is 5.82 Å². The summed E-state index contributed by atoms with van der Waals surface area (Å²) in [5.74, 6) is 6.36. The van der Waals surface area contributed by atoms with E-state index in [2.05, 4.69) is 25.4 Å². The minimum atomic E-state index is 0.510. The van der Waals surface area contributed by atoms with Crippen LogP contribution < -0.4 is 11.3 Å². The first-order chi connectivity index (χ1) is 7.29. The van der Waals surface area contributed by atoms with Crippen molar-refractivity contribution < 1.29 is 0 Å². The van der Waals surface area contributed by atoms with Crippen LogP contribution in [-0.4, -0.2) is 19.9 Å². The summed E-state index contributed by atoms with van der Waals surface area (Å²) >= 11 is 0. The highest BCUT2D eigenvalue weighted by Gasteiger charge is 2.04. The van der Waals surface area contributed by atoms with Crippen LogP contribution in [0.1, 0.15) is 5.69 Å². The van der Waals surface area contributed by atoms with Crippen molar-refractivity contribution in [2.75, 3.05) is 5.43 Å². The Balaban J connectivity index is 2.49. The van der Waals surface area contributed by atoms with Gasteiger partial charge in [-0.3, -0.25) is 4.98 Å². The minimum absolute atomic E-state index is 0.510. The molecule has 0 radical (unpaired) electrons. The molecule has 0 atom stereocenters. The fourth-order valence-electron chi connectivity index (χ4n) is 1.17. The molecule has 0 saturated carbocycles. The fourth-order valence-corrected chi connectivity index (χ4v) is 1.17. The Labute approximate surface area is 86.6 Å². The number of aryl methyl sites for hydroxylation is 1. The highest BCUT2D eigenvalue weighted by atomic mass is 15.3. The molecule has 0 aromatic carbocycles. The standard InChI is InChI=1S/C9H10N6/c1-6-4-8(15-10)14-9(13-6)7-5-11-2-3-12-7/h2-5H,10H2,1H3,(H,13,14,15). The largest absolute Gasteiger partial charge is 0.308 e. The molecule has 15 heavy (non-hydrogen) atoms. The SMILES string of the molecule is Cc1cc(NN)nc(-c2cnccn2)n1. The molecular weight excluding hydrogens is 192 g/mol. The van der Waals surface area contributed by atoms with E-state index in [4.69, 9.17) is 5.84 Å². The van der Waals surface area contributed by atoms with E-state index in [-0.39, 0.29) is 0 Å². The maximum Gasteiger partial charge on any atom is 0.182 e. The van der Waals surface area contributed by atoms with E-state index in [0.717, 1.165) is 5.69 Å². The van der Waals surface area contributed by atoms with Crippen LogP contribution in [0.5, 0.6) is 0 Å². The number of nitrogens with two attached hydrogens (primary N) is 1. The lowest BCUT2D eigenvalue weighted by Gasteiger charge is -2.03. The lowest BCUT2D eigenvalue weighted by atomic mass is 10.3. The van der Waals surface area contributed by atoms with Crippen LogP contribution in [0.4, 0.5) is 5.82 Å². The van der Waals surface area contributed by atoms with Crippen molar-refractivity contribution >= 4 is 5.82 Å². The first-order valence-corrected chi connectivity index (χ1v) is 4.38. The lowest BCUT2D eigenvalue weighted by molar-refractivity contribution is 1.06. The number of hydrogen-bond donors (Lipinski definition) is 2. The first kappa shape index (κ1) is 9.47. The van der Waals surface area contributed by atoms with Crippen LogP contribution >= 0.6 is 0 Å². The van der Waals surface area contributed by atoms with E-state index in [0.29, 0.717) is 17.3 Å². The molecule has 0 bridgehead atoms. The number of anilines is 1.